The molecule has 2 aliphatic rings. The number of methoxy groups -OCH3 is 1. The number of benzene rings is 1. The van der Waals surface area contributed by atoms with Crippen molar-refractivity contribution in [1.82, 2.24) is 10.2 Å². The van der Waals surface area contributed by atoms with Crippen LogP contribution in [-0.2, 0) is 4.79 Å². The fourth-order valence-corrected chi connectivity index (χ4v) is 4.22. The summed E-state index contributed by atoms with van der Waals surface area (Å²) in [5, 5.41) is 3.41. The van der Waals surface area contributed by atoms with Gasteiger partial charge in [0.25, 0.3) is 0 Å². The maximum atomic E-state index is 13.4. The summed E-state index contributed by atoms with van der Waals surface area (Å²) in [6.45, 7) is 8.99. The molecule has 0 radical (unpaired) electrons. The van der Waals surface area contributed by atoms with Crippen molar-refractivity contribution in [1.29, 1.82) is 0 Å². The van der Waals surface area contributed by atoms with Crippen LogP contribution in [0.3, 0.4) is 0 Å². The van der Waals surface area contributed by atoms with Crippen LogP contribution in [0.15, 0.2) is 24.3 Å². The largest absolute Gasteiger partial charge is 0.496 e. The zero-order valence-electron chi connectivity index (χ0n) is 14.7. The van der Waals surface area contributed by atoms with Gasteiger partial charge in [0.2, 0.25) is 5.91 Å². The maximum Gasteiger partial charge on any atom is 0.230 e. The number of para-hydroxylation sites is 1. The molecule has 4 nitrogen and oxygen atoms in total. The van der Waals surface area contributed by atoms with Crippen LogP contribution in [0.4, 0.5) is 0 Å². The van der Waals surface area contributed by atoms with Crippen molar-refractivity contribution < 1.29 is 9.53 Å². The highest BCUT2D eigenvalue weighted by molar-refractivity contribution is 5.87. The van der Waals surface area contributed by atoms with E-state index in [-0.39, 0.29) is 16.9 Å². The van der Waals surface area contributed by atoms with E-state index < -0.39 is 0 Å². The van der Waals surface area contributed by atoms with E-state index in [1.165, 1.54) is 5.56 Å². The van der Waals surface area contributed by atoms with Crippen LogP contribution in [0.1, 0.15) is 45.1 Å². The molecule has 126 valence electrons. The molecular weight excluding hydrogens is 288 g/mol. The van der Waals surface area contributed by atoms with Gasteiger partial charge in [-0.25, -0.2) is 0 Å². The molecule has 1 atom stereocenters. The van der Waals surface area contributed by atoms with Gasteiger partial charge < -0.3 is 15.0 Å². The predicted octanol–water partition coefficient (Wildman–Crippen LogP) is 2.79. The number of rotatable bonds is 2. The number of ether oxygens (including phenoxy) is 1. The molecule has 2 aliphatic heterocycles. The van der Waals surface area contributed by atoms with Crippen molar-refractivity contribution in [3.63, 3.8) is 0 Å². The van der Waals surface area contributed by atoms with Crippen molar-refractivity contribution in [2.75, 3.05) is 26.7 Å². The standard InChI is InChI=1S/C19H28N2O2/c1-18(2,3)21-13-15(14-7-5-6-8-16(14)23-4)19(17(21)22)9-11-20-12-10-19/h5-8,15,20H,9-13H2,1-4H3/t15-/m1/s1. The number of piperidine rings is 1. The van der Waals surface area contributed by atoms with Crippen molar-refractivity contribution in [3.05, 3.63) is 29.8 Å². The van der Waals surface area contributed by atoms with Crippen molar-refractivity contribution in [2.45, 2.75) is 45.1 Å². The molecule has 1 aromatic rings. The van der Waals surface area contributed by atoms with Gasteiger partial charge in [-0.3, -0.25) is 4.79 Å². The van der Waals surface area contributed by atoms with Crippen molar-refractivity contribution in [2.24, 2.45) is 5.41 Å². The van der Waals surface area contributed by atoms with Crippen LogP contribution in [0.5, 0.6) is 5.75 Å². The first-order valence-corrected chi connectivity index (χ1v) is 8.56. The minimum atomic E-state index is -0.285. The molecule has 1 amide bonds. The van der Waals surface area contributed by atoms with Gasteiger partial charge in [-0.15, -0.1) is 0 Å². The van der Waals surface area contributed by atoms with Crippen LogP contribution in [0.2, 0.25) is 0 Å². The highest BCUT2D eigenvalue weighted by Crippen LogP contribution is 2.52. The third-order valence-electron chi connectivity index (χ3n) is 5.52. The highest BCUT2D eigenvalue weighted by atomic mass is 16.5. The van der Waals surface area contributed by atoms with Crippen LogP contribution < -0.4 is 10.1 Å². The number of hydrogen-bond acceptors (Lipinski definition) is 3. The van der Waals surface area contributed by atoms with Crippen molar-refractivity contribution in [3.8, 4) is 5.75 Å². The smallest absolute Gasteiger partial charge is 0.230 e. The minimum absolute atomic E-state index is 0.147. The summed E-state index contributed by atoms with van der Waals surface area (Å²) >= 11 is 0. The molecule has 0 unspecified atom stereocenters. The summed E-state index contributed by atoms with van der Waals surface area (Å²) in [5.41, 5.74) is 0.746. The number of carbonyl (C=O) groups excluding carboxylic acids is 1. The highest BCUT2D eigenvalue weighted by Gasteiger charge is 2.56. The van der Waals surface area contributed by atoms with E-state index in [0.29, 0.717) is 5.91 Å². The molecule has 4 heteroatoms. The number of nitrogens with one attached hydrogen (secondary N) is 1. The van der Waals surface area contributed by atoms with E-state index in [1.54, 1.807) is 7.11 Å². The average molecular weight is 316 g/mol. The van der Waals surface area contributed by atoms with Crippen LogP contribution >= 0.6 is 0 Å². The number of amides is 1. The van der Waals surface area contributed by atoms with Gasteiger partial charge >= 0.3 is 0 Å². The first kappa shape index (κ1) is 16.3. The Morgan fingerprint density at radius 3 is 2.48 bits per heavy atom. The molecule has 2 fully saturated rings. The number of nitrogens with zero attached hydrogens (tertiary/aromatic N) is 1. The monoisotopic (exact) mass is 316 g/mol. The second kappa shape index (κ2) is 5.82. The lowest BCUT2D eigenvalue weighted by Crippen LogP contribution is -2.48. The average Bonchev–Trinajstić information content (AvgIpc) is 2.81. The lowest BCUT2D eigenvalue weighted by molar-refractivity contribution is -0.141. The Labute approximate surface area is 139 Å². The summed E-state index contributed by atoms with van der Waals surface area (Å²) in [6, 6.07) is 8.19. The third-order valence-corrected chi connectivity index (χ3v) is 5.52. The molecular formula is C19H28N2O2. The lowest BCUT2D eigenvalue weighted by atomic mass is 9.68. The van der Waals surface area contributed by atoms with Gasteiger partial charge in [-0.1, -0.05) is 18.2 Å². The fraction of sp³-hybridized carbons (Fsp3) is 0.632. The summed E-state index contributed by atoms with van der Waals surface area (Å²) in [6.07, 6.45) is 1.81. The Hall–Kier alpha value is -1.55. The summed E-state index contributed by atoms with van der Waals surface area (Å²) in [5.74, 6) is 1.42. The van der Waals surface area contributed by atoms with E-state index in [4.69, 9.17) is 4.74 Å². The molecule has 0 saturated carbocycles. The molecule has 3 rings (SSSR count). The molecule has 0 aromatic heterocycles. The molecule has 2 heterocycles. The molecule has 2 saturated heterocycles. The Morgan fingerprint density at radius 2 is 1.87 bits per heavy atom. The number of carbonyl (C=O) groups is 1. The minimum Gasteiger partial charge on any atom is -0.496 e. The lowest BCUT2D eigenvalue weighted by Gasteiger charge is -2.38. The van der Waals surface area contributed by atoms with Crippen LogP contribution in [-0.4, -0.2) is 43.1 Å². The van der Waals surface area contributed by atoms with E-state index in [1.807, 2.05) is 12.1 Å². The number of hydrogen-bond donors (Lipinski definition) is 1. The first-order valence-electron chi connectivity index (χ1n) is 8.56. The van der Waals surface area contributed by atoms with Gasteiger partial charge in [0.15, 0.2) is 0 Å². The molecule has 0 bridgehead atoms. The van der Waals surface area contributed by atoms with E-state index >= 15 is 0 Å². The Balaban J connectivity index is 2.07. The number of likely N-dealkylation sites (tertiary alicyclic amines) is 1. The zero-order valence-corrected chi connectivity index (χ0v) is 14.7. The van der Waals surface area contributed by atoms with E-state index in [0.717, 1.165) is 38.2 Å². The maximum absolute atomic E-state index is 13.4. The quantitative estimate of drug-likeness (QED) is 0.912. The van der Waals surface area contributed by atoms with Crippen molar-refractivity contribution >= 4 is 5.91 Å². The SMILES string of the molecule is COc1ccccc1[C@H]1CN(C(C)(C)C)C(=O)C12CCNCC2. The van der Waals surface area contributed by atoms with E-state index in [9.17, 15) is 4.79 Å². The summed E-state index contributed by atoms with van der Waals surface area (Å²) in [4.78, 5) is 15.4. The van der Waals surface area contributed by atoms with Gasteiger partial charge in [-0.2, -0.15) is 0 Å². The Bertz CT molecular complexity index is 585. The fourth-order valence-electron chi connectivity index (χ4n) is 4.22. The summed E-state index contributed by atoms with van der Waals surface area (Å²) in [7, 11) is 1.71. The Kier molecular flexibility index (Phi) is 4.13. The molecule has 0 aliphatic carbocycles. The molecule has 23 heavy (non-hydrogen) atoms. The van der Waals surface area contributed by atoms with Gasteiger partial charge in [0.05, 0.1) is 12.5 Å². The van der Waals surface area contributed by atoms with Gasteiger partial charge in [0, 0.05) is 23.6 Å². The predicted molar refractivity (Wildman–Crippen MR) is 91.7 cm³/mol. The molecule has 1 aromatic carbocycles. The molecule has 1 N–H and O–H groups in total. The van der Waals surface area contributed by atoms with Crippen LogP contribution in [0.25, 0.3) is 0 Å². The topological polar surface area (TPSA) is 41.6 Å². The van der Waals surface area contributed by atoms with Crippen LogP contribution in [0, 0.1) is 5.41 Å². The second-order valence-electron chi connectivity index (χ2n) is 7.79. The normalized spacial score (nSPS) is 24.3. The Morgan fingerprint density at radius 1 is 1.22 bits per heavy atom. The van der Waals surface area contributed by atoms with E-state index in [2.05, 4.69) is 43.1 Å². The van der Waals surface area contributed by atoms with Gasteiger partial charge in [0.1, 0.15) is 5.75 Å². The first-order chi connectivity index (χ1) is 10.9. The summed E-state index contributed by atoms with van der Waals surface area (Å²) < 4.78 is 5.60. The van der Waals surface area contributed by atoms with Gasteiger partial charge in [-0.05, 0) is 52.8 Å². The second-order valence-corrected chi connectivity index (χ2v) is 7.79. The third kappa shape index (κ3) is 2.63. The molecule has 1 spiro atoms. The zero-order chi connectivity index (χ0) is 16.7.